The Labute approximate surface area is 189 Å². The Morgan fingerprint density at radius 1 is 1.28 bits per heavy atom. The van der Waals surface area contributed by atoms with Gasteiger partial charge in [-0.25, -0.2) is 0 Å². The quantitative estimate of drug-likeness (QED) is 0.557. The van der Waals surface area contributed by atoms with Crippen LogP contribution < -0.4 is 10.1 Å². The number of pyridine rings is 1. The van der Waals surface area contributed by atoms with Gasteiger partial charge in [-0.1, -0.05) is 36.4 Å². The van der Waals surface area contributed by atoms with Crippen LogP contribution in [-0.2, 0) is 4.79 Å². The topological polar surface area (TPSA) is 108 Å². The van der Waals surface area contributed by atoms with E-state index in [0.29, 0.717) is 38.9 Å². The molecule has 0 fully saturated rings. The van der Waals surface area contributed by atoms with Gasteiger partial charge in [0.1, 0.15) is 17.4 Å². The predicted molar refractivity (Wildman–Crippen MR) is 125 cm³/mol. The SMILES string of the molecule is CCOc1c(C#N)cnc2ccc(/C=C3\SC(NC[C@H](O)c4ccccc4)=NC3=O)cc12. The van der Waals surface area contributed by atoms with Gasteiger partial charge in [-0.05, 0) is 48.0 Å². The van der Waals surface area contributed by atoms with Gasteiger partial charge >= 0.3 is 0 Å². The van der Waals surface area contributed by atoms with Gasteiger partial charge in [0.05, 0.1) is 23.1 Å². The third-order valence-corrected chi connectivity index (χ3v) is 5.74. The first-order valence-corrected chi connectivity index (χ1v) is 10.9. The number of aliphatic imine (C=N–C) groups is 1. The number of aliphatic hydroxyl groups is 1. The van der Waals surface area contributed by atoms with E-state index < -0.39 is 6.10 Å². The number of hydrogen-bond donors (Lipinski definition) is 2. The standard InChI is InChI=1S/C24H20N4O3S/c1-2-31-22-17(12-25)13-26-19-9-8-15(10-18(19)22)11-21-23(30)28-24(32-21)27-14-20(29)16-6-4-3-5-7-16/h3-11,13,20,29H,2,14H2,1H3,(H,27,28,30)/b21-11-/t20-/m0/s1. The van der Waals surface area contributed by atoms with Crippen LogP contribution in [0.1, 0.15) is 29.7 Å². The summed E-state index contributed by atoms with van der Waals surface area (Å²) in [5.41, 5.74) is 2.63. The van der Waals surface area contributed by atoms with E-state index in [1.807, 2.05) is 55.5 Å². The molecule has 2 heterocycles. The minimum absolute atomic E-state index is 0.243. The molecular weight excluding hydrogens is 424 g/mol. The number of carbonyl (C=O) groups is 1. The predicted octanol–water partition coefficient (Wildman–Crippen LogP) is 3.80. The van der Waals surface area contributed by atoms with Crippen molar-refractivity contribution in [2.75, 3.05) is 13.2 Å². The lowest BCUT2D eigenvalue weighted by molar-refractivity contribution is -0.113. The minimum atomic E-state index is -0.707. The summed E-state index contributed by atoms with van der Waals surface area (Å²) in [7, 11) is 0. The van der Waals surface area contributed by atoms with Gasteiger partial charge in [0.25, 0.3) is 5.91 Å². The Morgan fingerprint density at radius 3 is 2.84 bits per heavy atom. The highest BCUT2D eigenvalue weighted by atomic mass is 32.2. The molecule has 160 valence electrons. The first-order valence-electron chi connectivity index (χ1n) is 10.0. The average Bonchev–Trinajstić information content (AvgIpc) is 3.17. The van der Waals surface area contributed by atoms with Crippen molar-refractivity contribution in [3.63, 3.8) is 0 Å². The van der Waals surface area contributed by atoms with Crippen LogP contribution in [0.4, 0.5) is 0 Å². The van der Waals surface area contributed by atoms with E-state index in [9.17, 15) is 15.2 Å². The van der Waals surface area contributed by atoms with Crippen molar-refractivity contribution in [1.29, 1.82) is 5.26 Å². The molecule has 4 rings (SSSR count). The fourth-order valence-electron chi connectivity index (χ4n) is 3.27. The molecule has 0 aliphatic carbocycles. The maximum absolute atomic E-state index is 12.4. The Bertz CT molecular complexity index is 1270. The normalized spacial score (nSPS) is 15.5. The number of benzene rings is 2. The number of carbonyl (C=O) groups excluding carboxylic acids is 1. The number of hydrogen-bond acceptors (Lipinski definition) is 7. The number of amidine groups is 1. The summed E-state index contributed by atoms with van der Waals surface area (Å²) in [5.74, 6) is 0.139. The lowest BCUT2D eigenvalue weighted by Gasteiger charge is -2.12. The minimum Gasteiger partial charge on any atom is -0.492 e. The first kappa shape index (κ1) is 21.6. The van der Waals surface area contributed by atoms with Crippen LogP contribution in [0, 0.1) is 11.3 Å². The van der Waals surface area contributed by atoms with Gasteiger partial charge in [0.2, 0.25) is 0 Å². The Balaban J connectivity index is 1.51. The molecule has 0 saturated carbocycles. The molecule has 32 heavy (non-hydrogen) atoms. The highest BCUT2D eigenvalue weighted by Gasteiger charge is 2.22. The van der Waals surface area contributed by atoms with Crippen molar-refractivity contribution in [2.45, 2.75) is 13.0 Å². The second-order valence-corrected chi connectivity index (χ2v) is 7.99. The number of nitrogens with one attached hydrogen (secondary N) is 1. The zero-order valence-corrected chi connectivity index (χ0v) is 18.1. The lowest BCUT2D eigenvalue weighted by atomic mass is 10.1. The van der Waals surface area contributed by atoms with Crippen molar-refractivity contribution >= 4 is 39.8 Å². The Morgan fingerprint density at radius 2 is 2.09 bits per heavy atom. The summed E-state index contributed by atoms with van der Waals surface area (Å²) < 4.78 is 5.68. The smallest absolute Gasteiger partial charge is 0.286 e. The molecule has 0 saturated heterocycles. The van der Waals surface area contributed by atoms with Gasteiger partial charge < -0.3 is 15.2 Å². The summed E-state index contributed by atoms with van der Waals surface area (Å²) in [6.45, 7) is 2.52. The third kappa shape index (κ3) is 4.64. The first-order chi connectivity index (χ1) is 15.6. The second-order valence-electron chi connectivity index (χ2n) is 6.96. The monoisotopic (exact) mass is 444 g/mol. The molecule has 8 heteroatoms. The maximum atomic E-state index is 12.4. The molecule has 0 unspecified atom stereocenters. The molecule has 1 amide bonds. The Hall–Kier alpha value is -3.67. The molecule has 1 aliphatic heterocycles. The van der Waals surface area contributed by atoms with Crippen molar-refractivity contribution in [3.8, 4) is 11.8 Å². The van der Waals surface area contributed by atoms with E-state index in [1.54, 1.807) is 6.08 Å². The van der Waals surface area contributed by atoms with Crippen molar-refractivity contribution < 1.29 is 14.6 Å². The second kappa shape index (κ2) is 9.64. The summed E-state index contributed by atoms with van der Waals surface area (Å²) in [6.07, 6.45) is 2.53. The molecular formula is C24H20N4O3S. The van der Waals surface area contributed by atoms with Crippen LogP contribution in [-0.4, -0.2) is 34.3 Å². The molecule has 0 bridgehead atoms. The van der Waals surface area contributed by atoms with Crippen molar-refractivity contribution in [2.24, 2.45) is 4.99 Å². The average molecular weight is 445 g/mol. The number of rotatable bonds is 6. The summed E-state index contributed by atoms with van der Waals surface area (Å²) >= 11 is 1.22. The van der Waals surface area contributed by atoms with Gasteiger partial charge in [0, 0.05) is 18.1 Å². The van der Waals surface area contributed by atoms with Crippen LogP contribution in [0.15, 0.2) is 64.6 Å². The Kier molecular flexibility index (Phi) is 6.50. The number of nitriles is 1. The van der Waals surface area contributed by atoms with Gasteiger partial charge in [-0.15, -0.1) is 0 Å². The summed E-state index contributed by atoms with van der Waals surface area (Å²) in [4.78, 5) is 21.2. The van der Waals surface area contributed by atoms with E-state index in [0.717, 1.165) is 11.1 Å². The molecule has 1 aromatic heterocycles. The molecule has 0 spiro atoms. The molecule has 0 radical (unpaired) electrons. The highest BCUT2D eigenvalue weighted by Crippen LogP contribution is 2.32. The van der Waals surface area contributed by atoms with E-state index in [1.165, 1.54) is 18.0 Å². The molecule has 2 aromatic carbocycles. The molecule has 1 aliphatic rings. The summed E-state index contributed by atoms with van der Waals surface area (Å²) in [5, 5.41) is 23.8. The van der Waals surface area contributed by atoms with Gasteiger partial charge in [0.15, 0.2) is 5.17 Å². The van der Waals surface area contributed by atoms with Crippen LogP contribution in [0.5, 0.6) is 5.75 Å². The van der Waals surface area contributed by atoms with E-state index >= 15 is 0 Å². The lowest BCUT2D eigenvalue weighted by Crippen LogP contribution is -2.25. The van der Waals surface area contributed by atoms with Crippen LogP contribution in [0.3, 0.4) is 0 Å². The molecule has 7 nitrogen and oxygen atoms in total. The molecule has 1 atom stereocenters. The number of fused-ring (bicyclic) bond motifs is 1. The van der Waals surface area contributed by atoms with Crippen LogP contribution >= 0.6 is 11.8 Å². The number of aromatic nitrogens is 1. The van der Waals surface area contributed by atoms with Crippen molar-refractivity contribution in [1.82, 2.24) is 10.3 Å². The third-order valence-electron chi connectivity index (χ3n) is 4.80. The molecule has 3 aromatic rings. The van der Waals surface area contributed by atoms with E-state index in [2.05, 4.69) is 21.4 Å². The number of ether oxygens (including phenoxy) is 1. The number of thioether (sulfide) groups is 1. The van der Waals surface area contributed by atoms with Crippen LogP contribution in [0.2, 0.25) is 0 Å². The number of amides is 1. The van der Waals surface area contributed by atoms with Gasteiger partial charge in [-0.2, -0.15) is 10.3 Å². The van der Waals surface area contributed by atoms with Crippen LogP contribution in [0.25, 0.3) is 17.0 Å². The zero-order chi connectivity index (χ0) is 22.5. The fraction of sp³-hybridized carbons (Fsp3) is 0.167. The largest absolute Gasteiger partial charge is 0.492 e. The fourth-order valence-corrected chi connectivity index (χ4v) is 4.09. The number of aliphatic hydroxyl groups excluding tert-OH is 1. The number of nitrogens with zero attached hydrogens (tertiary/aromatic N) is 3. The summed E-state index contributed by atoms with van der Waals surface area (Å²) in [6, 6.07) is 16.9. The van der Waals surface area contributed by atoms with E-state index in [4.69, 9.17) is 4.74 Å². The highest BCUT2D eigenvalue weighted by molar-refractivity contribution is 8.18. The van der Waals surface area contributed by atoms with Gasteiger partial charge in [-0.3, -0.25) is 9.78 Å². The van der Waals surface area contributed by atoms with Crippen molar-refractivity contribution in [3.05, 3.63) is 76.3 Å². The van der Waals surface area contributed by atoms with E-state index in [-0.39, 0.29) is 12.5 Å². The maximum Gasteiger partial charge on any atom is 0.286 e. The molecule has 2 N–H and O–H groups in total. The zero-order valence-electron chi connectivity index (χ0n) is 17.3.